The summed E-state index contributed by atoms with van der Waals surface area (Å²) in [6, 6.07) is 6.18. The van der Waals surface area contributed by atoms with Gasteiger partial charge in [-0.1, -0.05) is 6.07 Å². The summed E-state index contributed by atoms with van der Waals surface area (Å²) in [5, 5.41) is 4.60. The van der Waals surface area contributed by atoms with Crippen LogP contribution in [0, 0.1) is 5.92 Å². The van der Waals surface area contributed by atoms with Crippen molar-refractivity contribution in [1.29, 1.82) is 0 Å². The van der Waals surface area contributed by atoms with Gasteiger partial charge in [-0.05, 0) is 43.0 Å². The van der Waals surface area contributed by atoms with Crippen LogP contribution in [0.25, 0.3) is 5.95 Å². The summed E-state index contributed by atoms with van der Waals surface area (Å²) in [6.07, 6.45) is 7.75. The fourth-order valence-corrected chi connectivity index (χ4v) is 4.54. The maximum atomic E-state index is 5.68. The first-order valence-corrected chi connectivity index (χ1v) is 10.8. The molecule has 152 valence electrons. The van der Waals surface area contributed by atoms with E-state index in [9.17, 15) is 0 Å². The van der Waals surface area contributed by atoms with E-state index in [1.807, 2.05) is 16.8 Å². The highest BCUT2D eigenvalue weighted by molar-refractivity contribution is 7.09. The third-order valence-corrected chi connectivity index (χ3v) is 6.07. The highest BCUT2D eigenvalue weighted by atomic mass is 32.1. The second-order valence-electron chi connectivity index (χ2n) is 7.41. The van der Waals surface area contributed by atoms with Gasteiger partial charge in [-0.2, -0.15) is 9.36 Å². The highest BCUT2D eigenvalue weighted by Gasteiger charge is 2.23. The van der Waals surface area contributed by atoms with E-state index in [1.165, 1.54) is 29.9 Å². The van der Waals surface area contributed by atoms with Gasteiger partial charge in [0.2, 0.25) is 11.1 Å². The molecule has 29 heavy (non-hydrogen) atoms. The Morgan fingerprint density at radius 3 is 3.03 bits per heavy atom. The van der Waals surface area contributed by atoms with Crippen LogP contribution in [0.1, 0.15) is 18.4 Å². The average Bonchev–Trinajstić information content (AvgIpc) is 3.46. The molecular weight excluding hydrogens is 388 g/mol. The molecule has 4 heterocycles. The van der Waals surface area contributed by atoms with Crippen LogP contribution in [0.5, 0.6) is 11.5 Å². The lowest BCUT2D eigenvalue weighted by molar-refractivity contribution is 0.171. The summed E-state index contributed by atoms with van der Waals surface area (Å²) in [4.78, 5) is 11.1. The molecule has 2 aliphatic rings. The largest absolute Gasteiger partial charge is 0.486 e. The summed E-state index contributed by atoms with van der Waals surface area (Å²) in [5.74, 6) is 2.99. The number of fused-ring (bicyclic) bond motifs is 1. The molecule has 1 saturated heterocycles. The molecule has 0 saturated carbocycles. The number of hydrogen-bond donors (Lipinski definition) is 1. The molecule has 1 aromatic carbocycles. The van der Waals surface area contributed by atoms with Crippen molar-refractivity contribution in [1.82, 2.24) is 24.2 Å². The summed E-state index contributed by atoms with van der Waals surface area (Å²) in [7, 11) is 0. The second-order valence-corrected chi connectivity index (χ2v) is 8.14. The van der Waals surface area contributed by atoms with E-state index in [-0.39, 0.29) is 0 Å². The molecule has 0 radical (unpaired) electrons. The van der Waals surface area contributed by atoms with Gasteiger partial charge in [-0.25, -0.2) is 4.98 Å². The van der Waals surface area contributed by atoms with Crippen molar-refractivity contribution in [2.24, 2.45) is 5.92 Å². The Labute approximate surface area is 173 Å². The van der Waals surface area contributed by atoms with Gasteiger partial charge in [0.05, 0.1) is 0 Å². The first-order chi connectivity index (χ1) is 14.3. The zero-order valence-electron chi connectivity index (χ0n) is 16.2. The van der Waals surface area contributed by atoms with Gasteiger partial charge in [0.15, 0.2) is 11.5 Å². The Bertz CT molecular complexity index is 944. The quantitative estimate of drug-likeness (QED) is 0.666. The van der Waals surface area contributed by atoms with Crippen molar-refractivity contribution in [3.05, 3.63) is 42.5 Å². The monoisotopic (exact) mass is 412 g/mol. The molecule has 1 N–H and O–H groups in total. The number of piperidine rings is 1. The fourth-order valence-electron chi connectivity index (χ4n) is 3.84. The number of anilines is 1. The number of hydrogen-bond acceptors (Lipinski definition) is 8. The topological polar surface area (TPSA) is 77.3 Å². The molecule has 1 atom stereocenters. The summed E-state index contributed by atoms with van der Waals surface area (Å²) < 4.78 is 17.6. The molecule has 2 aromatic heterocycles. The first kappa shape index (κ1) is 18.4. The minimum absolute atomic E-state index is 0.599. The van der Waals surface area contributed by atoms with Gasteiger partial charge in [-0.15, -0.1) is 0 Å². The smallest absolute Gasteiger partial charge is 0.248 e. The van der Waals surface area contributed by atoms with Gasteiger partial charge in [0, 0.05) is 43.6 Å². The highest BCUT2D eigenvalue weighted by Crippen LogP contribution is 2.31. The molecule has 3 aromatic rings. The SMILES string of the molecule is c1cn(-c2nsc(N3CCCC(CNCc4ccc5c(c4)OCCO5)C3)n2)cn1. The first-order valence-electron chi connectivity index (χ1n) is 10.0. The van der Waals surface area contributed by atoms with Gasteiger partial charge in [-0.3, -0.25) is 4.57 Å². The lowest BCUT2D eigenvalue weighted by Crippen LogP contribution is -2.39. The third-order valence-electron chi connectivity index (χ3n) is 5.30. The van der Waals surface area contributed by atoms with Gasteiger partial charge >= 0.3 is 0 Å². The van der Waals surface area contributed by atoms with Crippen LogP contribution in [0.2, 0.25) is 0 Å². The molecule has 0 aliphatic carbocycles. The van der Waals surface area contributed by atoms with Crippen molar-refractivity contribution < 1.29 is 9.47 Å². The van der Waals surface area contributed by atoms with Crippen LogP contribution in [-0.4, -0.2) is 51.8 Å². The number of ether oxygens (including phenoxy) is 2. The van der Waals surface area contributed by atoms with Gasteiger partial charge < -0.3 is 19.7 Å². The molecular formula is C20H24N6O2S. The standard InChI is InChI=1S/C20H24N6O2S/c1-2-16(12-22-11-15-3-4-17-18(10-15)28-9-8-27-17)13-25(6-1)20-23-19(24-29-20)26-7-5-21-14-26/h3-5,7,10,14,16,22H,1-2,6,8-9,11-13H2. The van der Waals surface area contributed by atoms with E-state index in [0.29, 0.717) is 25.1 Å². The Balaban J connectivity index is 1.14. The van der Waals surface area contributed by atoms with Gasteiger partial charge in [0.25, 0.3) is 0 Å². The van der Waals surface area contributed by atoms with Crippen molar-refractivity contribution >= 4 is 16.7 Å². The normalized spacial score (nSPS) is 18.8. The molecule has 0 amide bonds. The molecule has 0 spiro atoms. The Hall–Kier alpha value is -2.65. The third kappa shape index (κ3) is 4.20. The molecule has 8 nitrogen and oxygen atoms in total. The Morgan fingerprint density at radius 2 is 2.14 bits per heavy atom. The van der Waals surface area contributed by atoms with E-state index in [2.05, 4.69) is 36.7 Å². The number of imidazole rings is 1. The van der Waals surface area contributed by atoms with Crippen LogP contribution in [-0.2, 0) is 6.54 Å². The number of nitrogens with zero attached hydrogens (tertiary/aromatic N) is 5. The van der Waals surface area contributed by atoms with E-state index in [4.69, 9.17) is 9.47 Å². The number of nitrogens with one attached hydrogen (secondary N) is 1. The zero-order valence-corrected chi connectivity index (χ0v) is 17.0. The lowest BCUT2D eigenvalue weighted by Gasteiger charge is -2.32. The fraction of sp³-hybridized carbons (Fsp3) is 0.450. The Morgan fingerprint density at radius 1 is 1.21 bits per heavy atom. The predicted molar refractivity (Wildman–Crippen MR) is 111 cm³/mol. The molecule has 0 bridgehead atoms. The maximum Gasteiger partial charge on any atom is 0.248 e. The average molecular weight is 413 g/mol. The number of aromatic nitrogens is 4. The molecule has 5 rings (SSSR count). The number of rotatable bonds is 6. The van der Waals surface area contributed by atoms with Gasteiger partial charge in [0.1, 0.15) is 19.5 Å². The molecule has 1 unspecified atom stereocenters. The second kappa shape index (κ2) is 8.38. The Kier molecular flexibility index (Phi) is 5.31. The minimum atomic E-state index is 0.599. The van der Waals surface area contributed by atoms with Crippen LogP contribution >= 0.6 is 11.5 Å². The van der Waals surface area contributed by atoms with Crippen LogP contribution < -0.4 is 19.7 Å². The van der Waals surface area contributed by atoms with Crippen molar-refractivity contribution in [3.8, 4) is 17.4 Å². The van der Waals surface area contributed by atoms with Crippen molar-refractivity contribution in [3.63, 3.8) is 0 Å². The lowest BCUT2D eigenvalue weighted by atomic mass is 9.98. The predicted octanol–water partition coefficient (Wildman–Crippen LogP) is 2.50. The van der Waals surface area contributed by atoms with Crippen LogP contribution in [0.4, 0.5) is 5.13 Å². The molecule has 2 aliphatic heterocycles. The maximum absolute atomic E-state index is 5.68. The summed E-state index contributed by atoms with van der Waals surface area (Å²) in [5.41, 5.74) is 1.22. The molecule has 9 heteroatoms. The van der Waals surface area contributed by atoms with Crippen LogP contribution in [0.3, 0.4) is 0 Å². The number of benzene rings is 1. The van der Waals surface area contributed by atoms with E-state index in [0.717, 1.165) is 42.8 Å². The minimum Gasteiger partial charge on any atom is -0.486 e. The summed E-state index contributed by atoms with van der Waals surface area (Å²) in [6.45, 7) is 5.11. The van der Waals surface area contributed by atoms with Crippen molar-refractivity contribution in [2.45, 2.75) is 19.4 Å². The van der Waals surface area contributed by atoms with E-state index < -0.39 is 0 Å². The van der Waals surface area contributed by atoms with E-state index >= 15 is 0 Å². The van der Waals surface area contributed by atoms with E-state index in [1.54, 1.807) is 12.5 Å². The van der Waals surface area contributed by atoms with Crippen LogP contribution in [0.15, 0.2) is 36.9 Å². The summed E-state index contributed by atoms with van der Waals surface area (Å²) >= 11 is 1.46. The van der Waals surface area contributed by atoms with Crippen molar-refractivity contribution in [2.75, 3.05) is 37.7 Å². The zero-order chi connectivity index (χ0) is 19.5. The molecule has 1 fully saturated rings.